The zero-order valence-corrected chi connectivity index (χ0v) is 14.2. The molecule has 8 nitrogen and oxygen atoms in total. The lowest BCUT2D eigenvalue weighted by atomic mass is 9.96. The average molecular weight is 358 g/mol. The molecule has 0 amide bonds. The first-order chi connectivity index (χ1) is 10.2. The highest BCUT2D eigenvalue weighted by molar-refractivity contribution is 7.84. The molecule has 10 heteroatoms. The molecule has 22 heavy (non-hydrogen) atoms. The van der Waals surface area contributed by atoms with Crippen molar-refractivity contribution in [1.82, 2.24) is 4.72 Å². The highest BCUT2D eigenvalue weighted by atomic mass is 32.2. The molecule has 0 atom stereocenters. The van der Waals surface area contributed by atoms with E-state index in [1.807, 2.05) is 0 Å². The maximum absolute atomic E-state index is 10.5. The summed E-state index contributed by atoms with van der Waals surface area (Å²) in [5, 5.41) is 4.72. The fourth-order valence-corrected chi connectivity index (χ4v) is 4.01. The van der Waals surface area contributed by atoms with Gasteiger partial charge in [0.15, 0.2) is 0 Å². The van der Waals surface area contributed by atoms with Gasteiger partial charge in [0, 0.05) is 6.04 Å². The van der Waals surface area contributed by atoms with Crippen LogP contribution >= 0.6 is 0 Å². The smallest absolute Gasteiger partial charge is 0.273 e. The average Bonchev–Trinajstić information content (AvgIpc) is 2.38. The van der Waals surface area contributed by atoms with Crippen molar-refractivity contribution in [3.05, 3.63) is 0 Å². The predicted molar refractivity (Wildman–Crippen MR) is 82.6 cm³/mol. The molecule has 2 aliphatic rings. The van der Waals surface area contributed by atoms with E-state index >= 15 is 0 Å². The van der Waals surface area contributed by atoms with Gasteiger partial charge in [-0.05, 0) is 25.7 Å². The highest BCUT2D eigenvalue weighted by Crippen LogP contribution is 2.20. The summed E-state index contributed by atoms with van der Waals surface area (Å²) in [5.41, 5.74) is 0. The van der Waals surface area contributed by atoms with Gasteiger partial charge in [-0.1, -0.05) is 38.5 Å². The van der Waals surface area contributed by atoms with Crippen LogP contribution in [-0.4, -0.2) is 33.5 Å². The Morgan fingerprint density at radius 1 is 0.864 bits per heavy atom. The first-order valence-electron chi connectivity index (χ1n) is 7.61. The molecule has 0 unspecified atom stereocenters. The molecule has 0 bridgehead atoms. The fourth-order valence-electron chi connectivity index (χ4n) is 2.78. The van der Waals surface area contributed by atoms with Gasteiger partial charge in [-0.2, -0.15) is 21.6 Å². The first-order valence-corrected chi connectivity index (χ1v) is 10.5. The summed E-state index contributed by atoms with van der Waals surface area (Å²) in [6, 6.07) is -0.0428. The van der Waals surface area contributed by atoms with Gasteiger partial charge in [-0.25, -0.2) is 5.14 Å². The maximum Gasteiger partial charge on any atom is 0.333 e. The minimum Gasteiger partial charge on any atom is -0.273 e. The van der Waals surface area contributed by atoms with Crippen molar-refractivity contribution >= 4 is 20.6 Å². The van der Waals surface area contributed by atoms with Gasteiger partial charge in [-0.3, -0.25) is 8.74 Å². The minimum atomic E-state index is -3.97. The van der Waals surface area contributed by atoms with Gasteiger partial charge < -0.3 is 0 Å². The van der Waals surface area contributed by atoms with E-state index in [0.29, 0.717) is 0 Å². The van der Waals surface area contributed by atoms with Crippen molar-refractivity contribution < 1.29 is 25.6 Å². The van der Waals surface area contributed by atoms with Gasteiger partial charge in [0.1, 0.15) is 0 Å². The molecule has 2 fully saturated rings. The fraction of sp³-hybridized carbons (Fsp3) is 1.00. The molecule has 0 aliphatic heterocycles. The first kappa shape index (κ1) is 19.8. The van der Waals surface area contributed by atoms with Crippen LogP contribution in [0.1, 0.15) is 64.2 Å². The highest BCUT2D eigenvalue weighted by Gasteiger charge is 2.18. The third-order valence-electron chi connectivity index (χ3n) is 3.74. The molecule has 0 aromatic rings. The molecule has 0 saturated heterocycles. The van der Waals surface area contributed by atoms with Crippen molar-refractivity contribution in [3.8, 4) is 0 Å². The Morgan fingerprint density at radius 2 is 1.32 bits per heavy atom. The van der Waals surface area contributed by atoms with Crippen LogP contribution in [0.5, 0.6) is 0 Å². The van der Waals surface area contributed by atoms with Crippen LogP contribution in [0.2, 0.25) is 0 Å². The van der Waals surface area contributed by atoms with Gasteiger partial charge in [0.05, 0.1) is 6.10 Å². The van der Waals surface area contributed by atoms with E-state index in [2.05, 4.69) is 8.91 Å². The second kappa shape index (κ2) is 9.14. The van der Waals surface area contributed by atoms with E-state index in [4.69, 9.17) is 9.69 Å². The third-order valence-corrected chi connectivity index (χ3v) is 4.91. The lowest BCUT2D eigenvalue weighted by Gasteiger charge is -2.20. The third kappa shape index (κ3) is 10.5. The van der Waals surface area contributed by atoms with Crippen molar-refractivity contribution in [2.75, 3.05) is 0 Å². The summed E-state index contributed by atoms with van der Waals surface area (Å²) < 4.78 is 56.8. The molecule has 4 N–H and O–H groups in total. The molecule has 0 radical (unpaired) electrons. The van der Waals surface area contributed by atoms with E-state index in [0.717, 1.165) is 51.4 Å². The van der Waals surface area contributed by atoms with Gasteiger partial charge in [0.2, 0.25) is 0 Å². The van der Waals surface area contributed by atoms with Gasteiger partial charge in [-0.15, -0.1) is 0 Å². The van der Waals surface area contributed by atoms with Crippen LogP contribution in [0.25, 0.3) is 0 Å². The molecule has 2 rings (SSSR count). The van der Waals surface area contributed by atoms with Crippen LogP contribution in [0.15, 0.2) is 0 Å². The maximum atomic E-state index is 10.5. The Balaban J connectivity index is 0.000000220. The predicted octanol–water partition coefficient (Wildman–Crippen LogP) is 1.25. The topological polar surface area (TPSA) is 136 Å². The normalized spacial score (nSPS) is 21.9. The Bertz CT molecular complexity index is 460. The zero-order chi connectivity index (χ0) is 16.6. The Hall–Kier alpha value is -0.260. The molecule has 0 aromatic carbocycles. The van der Waals surface area contributed by atoms with Crippen LogP contribution in [0.4, 0.5) is 0 Å². The van der Waals surface area contributed by atoms with Crippen molar-refractivity contribution in [3.63, 3.8) is 0 Å². The molecule has 0 spiro atoms. The quantitative estimate of drug-likeness (QED) is 0.647. The van der Waals surface area contributed by atoms with E-state index in [-0.39, 0.29) is 12.1 Å². The van der Waals surface area contributed by atoms with E-state index in [9.17, 15) is 16.8 Å². The number of hydrogen-bond acceptors (Lipinski definition) is 5. The molecular weight excluding hydrogens is 332 g/mol. The monoisotopic (exact) mass is 358 g/mol. The summed E-state index contributed by atoms with van der Waals surface area (Å²) in [7, 11) is -7.70. The lowest BCUT2D eigenvalue weighted by Crippen LogP contribution is -2.35. The van der Waals surface area contributed by atoms with E-state index in [1.54, 1.807) is 0 Å². The summed E-state index contributed by atoms with van der Waals surface area (Å²) in [6.07, 6.45) is 9.68. The minimum absolute atomic E-state index is 0.0428. The molecule has 0 heterocycles. The number of hydrogen-bond donors (Lipinski definition) is 3. The number of rotatable bonds is 4. The summed E-state index contributed by atoms with van der Waals surface area (Å²) in [6.45, 7) is 0. The zero-order valence-electron chi connectivity index (χ0n) is 12.6. The van der Waals surface area contributed by atoms with Crippen molar-refractivity contribution in [2.24, 2.45) is 5.14 Å². The summed E-state index contributed by atoms with van der Waals surface area (Å²) >= 11 is 0. The van der Waals surface area contributed by atoms with Gasteiger partial charge in [0.25, 0.3) is 0 Å². The number of nitrogens with two attached hydrogens (primary N) is 1. The molecular formula is C12H26N2O6S2. The molecule has 0 aromatic heterocycles. The standard InChI is InChI=1S/2C6H13NO3S/c7-11(8,9)10-6-4-2-1-3-5-6;8-11(9,10)7-6-4-2-1-3-5-6/h6H,1-5H2,(H2,7,8,9);6-7H,1-5H2,(H,8,9,10). The summed E-state index contributed by atoms with van der Waals surface area (Å²) in [4.78, 5) is 0. The molecule has 132 valence electrons. The SMILES string of the molecule is NS(=O)(=O)OC1CCCCC1.O=S(=O)(O)NC1CCCCC1. The second-order valence-corrected chi connectivity index (χ2v) is 8.14. The number of nitrogens with one attached hydrogen (secondary N) is 1. The van der Waals surface area contributed by atoms with Crippen LogP contribution in [-0.2, 0) is 24.8 Å². The van der Waals surface area contributed by atoms with Crippen molar-refractivity contribution in [1.29, 1.82) is 0 Å². The van der Waals surface area contributed by atoms with Crippen LogP contribution in [0.3, 0.4) is 0 Å². The Labute approximate surface area is 132 Å². The largest absolute Gasteiger partial charge is 0.333 e. The van der Waals surface area contributed by atoms with Gasteiger partial charge >= 0.3 is 20.6 Å². The molecule has 2 saturated carbocycles. The Morgan fingerprint density at radius 3 is 1.73 bits per heavy atom. The van der Waals surface area contributed by atoms with Crippen molar-refractivity contribution in [2.45, 2.75) is 76.4 Å². The Kier molecular flexibility index (Phi) is 8.22. The van der Waals surface area contributed by atoms with E-state index < -0.39 is 20.6 Å². The summed E-state index contributed by atoms with van der Waals surface area (Å²) in [5.74, 6) is 0. The van der Waals surface area contributed by atoms with E-state index in [1.165, 1.54) is 12.8 Å². The van der Waals surface area contributed by atoms with Crippen LogP contribution < -0.4 is 9.86 Å². The lowest BCUT2D eigenvalue weighted by molar-refractivity contribution is 0.162. The second-order valence-electron chi connectivity index (χ2n) is 5.78. The molecule has 2 aliphatic carbocycles. The van der Waals surface area contributed by atoms with Crippen LogP contribution in [0, 0.1) is 0 Å².